The van der Waals surface area contributed by atoms with E-state index < -0.39 is 0 Å². The summed E-state index contributed by atoms with van der Waals surface area (Å²) in [7, 11) is 0. The molecule has 0 saturated heterocycles. The maximum atomic E-state index is 4.86. The van der Waals surface area contributed by atoms with Crippen molar-refractivity contribution in [2.45, 2.75) is 0 Å². The normalized spacial score (nSPS) is 8.89. The van der Waals surface area contributed by atoms with Crippen molar-refractivity contribution in [3.8, 4) is 0 Å². The molecule has 0 radical (unpaired) electrons. The molecule has 1 N–H and O–H groups in total. The summed E-state index contributed by atoms with van der Waals surface area (Å²) in [6.07, 6.45) is 4.96. The third kappa shape index (κ3) is 1.23. The third-order valence-corrected chi connectivity index (χ3v) is 1.26. The molecule has 0 aliphatic carbocycles. The number of nitrogens with zero attached hydrogens (tertiary/aromatic N) is 1. The zero-order valence-corrected chi connectivity index (χ0v) is 5.61. The Morgan fingerprint density at radius 1 is 1.78 bits per heavy atom. The number of hydrogen-bond donors (Lipinski definition) is 1. The molecule has 0 unspecified atom stereocenters. The van der Waals surface area contributed by atoms with Crippen molar-refractivity contribution in [2.75, 3.05) is 0 Å². The molecule has 0 aliphatic rings. The second-order valence-corrected chi connectivity index (χ2v) is 1.92. The Kier molecular flexibility index (Phi) is 1.75. The minimum Gasteiger partial charge on any atom is -0.350 e. The smallest absolute Gasteiger partial charge is 0.129 e. The summed E-state index contributed by atoms with van der Waals surface area (Å²) < 4.78 is 0.632. The van der Waals surface area contributed by atoms with Crippen molar-refractivity contribution in [1.82, 2.24) is 9.97 Å². The molecule has 1 heterocycles. The van der Waals surface area contributed by atoms with Gasteiger partial charge in [-0.05, 0) is 6.08 Å². The van der Waals surface area contributed by atoms with E-state index in [0.717, 1.165) is 5.69 Å². The summed E-state index contributed by atoms with van der Waals surface area (Å²) in [4.78, 5) is 6.78. The van der Waals surface area contributed by atoms with E-state index in [1.165, 1.54) is 0 Å². The van der Waals surface area contributed by atoms with Gasteiger partial charge in [-0.3, -0.25) is 4.98 Å². The van der Waals surface area contributed by atoms with Gasteiger partial charge in [0.25, 0.3) is 0 Å². The van der Waals surface area contributed by atoms with E-state index in [-0.39, 0.29) is 0 Å². The number of hydrogen-bond acceptors (Lipinski definition) is 2. The summed E-state index contributed by atoms with van der Waals surface area (Å²) in [5.41, 5.74) is 0.729. The van der Waals surface area contributed by atoms with Crippen LogP contribution in [0.4, 0.5) is 0 Å². The van der Waals surface area contributed by atoms with E-state index in [1.807, 2.05) is 0 Å². The molecule has 0 aromatic carbocycles. The van der Waals surface area contributed by atoms with Crippen LogP contribution in [0.1, 0.15) is 5.69 Å². The second-order valence-electron chi connectivity index (χ2n) is 1.51. The van der Waals surface area contributed by atoms with Crippen molar-refractivity contribution in [1.29, 1.82) is 0 Å². The average Bonchev–Trinajstić information content (AvgIpc) is 1.89. The molecule has 1 rings (SSSR count). The predicted molar refractivity (Wildman–Crippen MR) is 39.5 cm³/mol. The first kappa shape index (κ1) is 6.16. The highest BCUT2D eigenvalue weighted by atomic mass is 32.1. The molecule has 9 heavy (non-hydrogen) atoms. The van der Waals surface area contributed by atoms with E-state index in [1.54, 1.807) is 18.5 Å². The van der Waals surface area contributed by atoms with Gasteiger partial charge < -0.3 is 4.98 Å². The molecule has 0 spiro atoms. The van der Waals surface area contributed by atoms with Gasteiger partial charge in [0.15, 0.2) is 0 Å². The summed E-state index contributed by atoms with van der Waals surface area (Å²) >= 11 is 4.86. The first-order valence-corrected chi connectivity index (χ1v) is 2.91. The minimum absolute atomic E-state index is 0.632. The van der Waals surface area contributed by atoms with Crippen molar-refractivity contribution in [2.24, 2.45) is 0 Å². The Balaban J connectivity index is 3.32. The van der Waals surface area contributed by atoms with Gasteiger partial charge >= 0.3 is 0 Å². The van der Waals surface area contributed by atoms with Gasteiger partial charge in [0.1, 0.15) is 4.64 Å². The van der Waals surface area contributed by atoms with Crippen LogP contribution in [-0.2, 0) is 0 Å². The van der Waals surface area contributed by atoms with E-state index >= 15 is 0 Å². The lowest BCUT2D eigenvalue weighted by Gasteiger charge is -1.87. The van der Waals surface area contributed by atoms with Crippen LogP contribution in [0.3, 0.4) is 0 Å². The first-order valence-electron chi connectivity index (χ1n) is 2.50. The molecule has 0 bridgehead atoms. The van der Waals surface area contributed by atoms with E-state index in [2.05, 4.69) is 16.5 Å². The van der Waals surface area contributed by atoms with E-state index in [0.29, 0.717) is 4.64 Å². The SMILES string of the molecule is C=Cc1ncc[nH]c1=S. The Hall–Kier alpha value is -0.960. The minimum atomic E-state index is 0.632. The van der Waals surface area contributed by atoms with Crippen LogP contribution in [0.2, 0.25) is 0 Å². The van der Waals surface area contributed by atoms with Crippen LogP contribution in [0.15, 0.2) is 19.0 Å². The molecule has 0 fully saturated rings. The standard InChI is InChI=1S/C6H6N2S/c1-2-5-6(9)8-4-3-7-5/h2-4H,1H2,(H,8,9). The quantitative estimate of drug-likeness (QED) is 0.599. The Morgan fingerprint density at radius 2 is 2.56 bits per heavy atom. The molecule has 3 heteroatoms. The van der Waals surface area contributed by atoms with Gasteiger partial charge in [0.05, 0.1) is 5.69 Å². The largest absolute Gasteiger partial charge is 0.350 e. The number of aromatic nitrogens is 2. The third-order valence-electron chi connectivity index (χ3n) is 0.929. The van der Waals surface area contributed by atoms with Crippen LogP contribution < -0.4 is 0 Å². The van der Waals surface area contributed by atoms with Crippen molar-refractivity contribution in [3.05, 3.63) is 29.3 Å². The Morgan fingerprint density at radius 3 is 3.00 bits per heavy atom. The van der Waals surface area contributed by atoms with Gasteiger partial charge in [0, 0.05) is 12.4 Å². The molecule has 2 nitrogen and oxygen atoms in total. The maximum absolute atomic E-state index is 4.86. The van der Waals surface area contributed by atoms with Crippen molar-refractivity contribution >= 4 is 18.3 Å². The zero-order valence-electron chi connectivity index (χ0n) is 4.79. The monoisotopic (exact) mass is 138 g/mol. The van der Waals surface area contributed by atoms with Crippen molar-refractivity contribution < 1.29 is 0 Å². The maximum Gasteiger partial charge on any atom is 0.129 e. The van der Waals surface area contributed by atoms with Gasteiger partial charge in [-0.15, -0.1) is 0 Å². The lowest BCUT2D eigenvalue weighted by Crippen LogP contribution is -1.82. The molecular weight excluding hydrogens is 132 g/mol. The number of rotatable bonds is 1. The fraction of sp³-hybridized carbons (Fsp3) is 0. The first-order chi connectivity index (χ1) is 4.34. The number of H-pyrrole nitrogens is 1. The Bertz CT molecular complexity index is 264. The van der Waals surface area contributed by atoms with Crippen LogP contribution in [0.5, 0.6) is 0 Å². The molecule has 46 valence electrons. The molecule has 0 saturated carbocycles. The molecule has 1 aromatic heterocycles. The summed E-state index contributed by atoms with van der Waals surface area (Å²) in [6, 6.07) is 0. The van der Waals surface area contributed by atoms with Gasteiger partial charge in [-0.2, -0.15) is 0 Å². The molecule has 1 aromatic rings. The fourth-order valence-electron chi connectivity index (χ4n) is 0.508. The predicted octanol–water partition coefficient (Wildman–Crippen LogP) is 1.78. The van der Waals surface area contributed by atoms with Gasteiger partial charge in [-0.25, -0.2) is 0 Å². The van der Waals surface area contributed by atoms with Crippen LogP contribution in [-0.4, -0.2) is 9.97 Å². The summed E-state index contributed by atoms with van der Waals surface area (Å²) in [5, 5.41) is 0. The summed E-state index contributed by atoms with van der Waals surface area (Å²) in [6.45, 7) is 3.54. The molecular formula is C6H6N2S. The zero-order chi connectivity index (χ0) is 6.69. The van der Waals surface area contributed by atoms with E-state index in [4.69, 9.17) is 12.2 Å². The van der Waals surface area contributed by atoms with Gasteiger partial charge in [-0.1, -0.05) is 18.8 Å². The van der Waals surface area contributed by atoms with Crippen LogP contribution in [0, 0.1) is 4.64 Å². The molecule has 0 amide bonds. The molecule has 0 aliphatic heterocycles. The molecule has 0 atom stereocenters. The average molecular weight is 138 g/mol. The number of nitrogens with one attached hydrogen (secondary N) is 1. The lowest BCUT2D eigenvalue weighted by molar-refractivity contribution is 1.16. The number of aromatic amines is 1. The highest BCUT2D eigenvalue weighted by molar-refractivity contribution is 7.71. The van der Waals surface area contributed by atoms with Crippen molar-refractivity contribution in [3.63, 3.8) is 0 Å². The van der Waals surface area contributed by atoms with E-state index in [9.17, 15) is 0 Å². The topological polar surface area (TPSA) is 28.7 Å². The van der Waals surface area contributed by atoms with Gasteiger partial charge in [0.2, 0.25) is 0 Å². The fourth-order valence-corrected chi connectivity index (χ4v) is 0.713. The second kappa shape index (κ2) is 2.55. The highest BCUT2D eigenvalue weighted by Gasteiger charge is 1.84. The van der Waals surface area contributed by atoms with Crippen LogP contribution >= 0.6 is 12.2 Å². The Labute approximate surface area is 58.3 Å². The summed E-state index contributed by atoms with van der Waals surface area (Å²) in [5.74, 6) is 0. The lowest BCUT2D eigenvalue weighted by atomic mass is 10.4. The highest BCUT2D eigenvalue weighted by Crippen LogP contribution is 1.94. The van der Waals surface area contributed by atoms with Crippen LogP contribution in [0.25, 0.3) is 6.08 Å².